The number of aromatic amines is 2. The topological polar surface area (TPSA) is 99.7 Å². The van der Waals surface area contributed by atoms with Crippen LogP contribution in [-0.2, 0) is 6.54 Å². The lowest BCUT2D eigenvalue weighted by Crippen LogP contribution is -2.48. The molecule has 1 aliphatic carbocycles. The van der Waals surface area contributed by atoms with Crippen molar-refractivity contribution in [3.05, 3.63) is 46.4 Å². The third-order valence-electron chi connectivity index (χ3n) is 5.15. The predicted molar refractivity (Wildman–Crippen MR) is 90.3 cm³/mol. The summed E-state index contributed by atoms with van der Waals surface area (Å²) in [7, 11) is 0. The lowest BCUT2D eigenvalue weighted by Gasteiger charge is -2.38. The molecule has 1 aliphatic heterocycles. The first-order valence-corrected chi connectivity index (χ1v) is 8.56. The molecular formula is C17H18N6O2. The summed E-state index contributed by atoms with van der Waals surface area (Å²) in [5, 5.41) is 6.70. The highest BCUT2D eigenvalue weighted by Crippen LogP contribution is 2.31. The average Bonchev–Trinajstić information content (AvgIpc) is 3.12. The van der Waals surface area contributed by atoms with E-state index in [1.54, 1.807) is 15.5 Å². The van der Waals surface area contributed by atoms with Crippen molar-refractivity contribution in [1.29, 1.82) is 0 Å². The molecule has 0 bridgehead atoms. The van der Waals surface area contributed by atoms with Gasteiger partial charge in [-0.3, -0.25) is 14.5 Å². The number of benzene rings is 1. The molecule has 2 fully saturated rings. The first-order valence-electron chi connectivity index (χ1n) is 8.56. The highest BCUT2D eigenvalue weighted by atomic mass is 16.2. The molecule has 0 radical (unpaired) electrons. The summed E-state index contributed by atoms with van der Waals surface area (Å²) in [6, 6.07) is 5.46. The first-order chi connectivity index (χ1) is 12.2. The molecule has 0 atom stereocenters. The van der Waals surface area contributed by atoms with E-state index in [0.29, 0.717) is 24.6 Å². The van der Waals surface area contributed by atoms with E-state index in [2.05, 4.69) is 20.2 Å². The molecule has 5 rings (SSSR count). The molecule has 1 amide bonds. The number of H-pyrrole nitrogens is 2. The highest BCUT2D eigenvalue weighted by Gasteiger charge is 2.34. The molecule has 3 heterocycles. The molecule has 128 valence electrons. The quantitative estimate of drug-likeness (QED) is 0.744. The monoisotopic (exact) mass is 338 g/mol. The van der Waals surface area contributed by atoms with Crippen LogP contribution >= 0.6 is 0 Å². The van der Waals surface area contributed by atoms with Crippen molar-refractivity contribution in [2.45, 2.75) is 25.3 Å². The fourth-order valence-corrected chi connectivity index (χ4v) is 3.45. The minimum Gasteiger partial charge on any atom is -0.337 e. The molecule has 2 aliphatic rings. The van der Waals surface area contributed by atoms with E-state index in [1.807, 2.05) is 12.1 Å². The van der Waals surface area contributed by atoms with Gasteiger partial charge in [0.1, 0.15) is 12.2 Å². The van der Waals surface area contributed by atoms with Gasteiger partial charge in [-0.2, -0.15) is 5.10 Å². The van der Waals surface area contributed by atoms with Gasteiger partial charge in [-0.05, 0) is 37.0 Å². The van der Waals surface area contributed by atoms with Gasteiger partial charge in [-0.25, -0.2) is 9.78 Å². The molecule has 1 aromatic carbocycles. The van der Waals surface area contributed by atoms with E-state index >= 15 is 0 Å². The number of rotatable bonds is 4. The summed E-state index contributed by atoms with van der Waals surface area (Å²) >= 11 is 0. The van der Waals surface area contributed by atoms with Crippen LogP contribution < -0.4 is 5.69 Å². The third-order valence-corrected chi connectivity index (χ3v) is 5.15. The molecular weight excluding hydrogens is 320 g/mol. The molecule has 0 unspecified atom stereocenters. The lowest BCUT2D eigenvalue weighted by atomic mass is 9.98. The number of carbonyl (C=O) groups excluding carboxylic acids is 1. The van der Waals surface area contributed by atoms with Crippen molar-refractivity contribution in [1.82, 2.24) is 29.6 Å². The van der Waals surface area contributed by atoms with Crippen molar-refractivity contribution in [2.75, 3.05) is 13.1 Å². The van der Waals surface area contributed by atoms with E-state index in [1.165, 1.54) is 19.2 Å². The van der Waals surface area contributed by atoms with Gasteiger partial charge in [0.15, 0.2) is 0 Å². The summed E-state index contributed by atoms with van der Waals surface area (Å²) in [6.07, 6.45) is 3.87. The van der Waals surface area contributed by atoms with Crippen LogP contribution in [0.4, 0.5) is 0 Å². The number of nitrogens with zero attached hydrogens (tertiary/aromatic N) is 4. The van der Waals surface area contributed by atoms with E-state index in [0.717, 1.165) is 23.4 Å². The van der Waals surface area contributed by atoms with Gasteiger partial charge in [0.25, 0.3) is 5.91 Å². The van der Waals surface area contributed by atoms with E-state index in [9.17, 15) is 9.59 Å². The second kappa shape index (κ2) is 5.30. The van der Waals surface area contributed by atoms with Crippen molar-refractivity contribution in [3.8, 4) is 0 Å². The zero-order valence-electron chi connectivity index (χ0n) is 13.6. The standard InChI is InChI=1S/C17H18N6O2/c24-16(22-7-12(8-22)15-18-9-19-21-15)11-3-4-14-13(5-11)20-17(25)23(14)6-10-1-2-10/h3-5,9-10,12H,1-2,6-8H2,(H,20,25)(H,18,19,21). The van der Waals surface area contributed by atoms with Crippen LogP contribution in [0.15, 0.2) is 29.3 Å². The maximum atomic E-state index is 12.6. The number of carbonyl (C=O) groups is 1. The Labute approximate surface area is 142 Å². The number of fused-ring (bicyclic) bond motifs is 1. The minimum atomic E-state index is -0.0965. The van der Waals surface area contributed by atoms with Crippen molar-refractivity contribution in [3.63, 3.8) is 0 Å². The zero-order valence-corrected chi connectivity index (χ0v) is 13.6. The Bertz CT molecular complexity index is 992. The molecule has 8 nitrogen and oxygen atoms in total. The molecule has 25 heavy (non-hydrogen) atoms. The van der Waals surface area contributed by atoms with Crippen LogP contribution in [0, 0.1) is 5.92 Å². The number of imidazole rings is 1. The Balaban J connectivity index is 1.36. The first kappa shape index (κ1) is 14.4. The van der Waals surface area contributed by atoms with Gasteiger partial charge in [0.2, 0.25) is 0 Å². The van der Waals surface area contributed by atoms with Crippen molar-refractivity contribution >= 4 is 16.9 Å². The Hall–Kier alpha value is -2.90. The summed E-state index contributed by atoms with van der Waals surface area (Å²) in [5.41, 5.74) is 2.10. The highest BCUT2D eigenvalue weighted by molar-refractivity contribution is 5.97. The van der Waals surface area contributed by atoms with E-state index in [4.69, 9.17) is 0 Å². The second-order valence-corrected chi connectivity index (χ2v) is 6.99. The van der Waals surface area contributed by atoms with Crippen LogP contribution in [-0.4, -0.2) is 48.6 Å². The number of hydrogen-bond donors (Lipinski definition) is 2. The largest absolute Gasteiger partial charge is 0.337 e. The van der Waals surface area contributed by atoms with Crippen LogP contribution in [0.2, 0.25) is 0 Å². The molecule has 1 saturated heterocycles. The zero-order chi connectivity index (χ0) is 17.0. The molecule has 1 saturated carbocycles. The maximum absolute atomic E-state index is 12.6. The van der Waals surface area contributed by atoms with E-state index < -0.39 is 0 Å². The van der Waals surface area contributed by atoms with Gasteiger partial charge < -0.3 is 9.88 Å². The van der Waals surface area contributed by atoms with Crippen molar-refractivity contribution in [2.24, 2.45) is 5.92 Å². The molecule has 2 aromatic heterocycles. The summed E-state index contributed by atoms with van der Waals surface area (Å²) in [5.74, 6) is 1.64. The van der Waals surface area contributed by atoms with Crippen LogP contribution in [0.25, 0.3) is 11.0 Å². The van der Waals surface area contributed by atoms with Gasteiger partial charge in [0.05, 0.1) is 17.0 Å². The fourth-order valence-electron chi connectivity index (χ4n) is 3.45. The number of likely N-dealkylation sites (tertiary alicyclic amines) is 1. The molecule has 2 N–H and O–H groups in total. The maximum Gasteiger partial charge on any atom is 0.326 e. The average molecular weight is 338 g/mol. The molecule has 3 aromatic rings. The minimum absolute atomic E-state index is 0.0199. The summed E-state index contributed by atoms with van der Waals surface area (Å²) in [6.45, 7) is 2.02. The smallest absolute Gasteiger partial charge is 0.326 e. The lowest BCUT2D eigenvalue weighted by molar-refractivity contribution is 0.0595. The van der Waals surface area contributed by atoms with Gasteiger partial charge in [-0.15, -0.1) is 0 Å². The van der Waals surface area contributed by atoms with Crippen LogP contribution in [0.1, 0.15) is 34.9 Å². The number of hydrogen-bond acceptors (Lipinski definition) is 4. The van der Waals surface area contributed by atoms with Crippen LogP contribution in [0.5, 0.6) is 0 Å². The molecule has 0 spiro atoms. The Kier molecular flexibility index (Phi) is 3.06. The predicted octanol–water partition coefficient (Wildman–Crippen LogP) is 1.10. The normalized spacial score (nSPS) is 17.8. The van der Waals surface area contributed by atoms with Crippen molar-refractivity contribution < 1.29 is 4.79 Å². The van der Waals surface area contributed by atoms with Gasteiger partial charge in [0, 0.05) is 25.2 Å². The number of nitrogens with one attached hydrogen (secondary N) is 2. The second-order valence-electron chi connectivity index (χ2n) is 6.99. The van der Waals surface area contributed by atoms with Gasteiger partial charge in [-0.1, -0.05) is 0 Å². The summed E-state index contributed by atoms with van der Waals surface area (Å²) < 4.78 is 1.78. The Morgan fingerprint density at radius 3 is 2.84 bits per heavy atom. The number of amides is 1. The van der Waals surface area contributed by atoms with E-state index in [-0.39, 0.29) is 17.5 Å². The SMILES string of the molecule is O=C(c1ccc2c(c1)[nH]c(=O)n2CC1CC1)N1CC(c2ncn[nH]2)C1. The third kappa shape index (κ3) is 2.45. The van der Waals surface area contributed by atoms with Crippen LogP contribution in [0.3, 0.4) is 0 Å². The Morgan fingerprint density at radius 2 is 2.12 bits per heavy atom. The Morgan fingerprint density at radius 1 is 1.28 bits per heavy atom. The summed E-state index contributed by atoms with van der Waals surface area (Å²) in [4.78, 5) is 33.6. The molecule has 8 heteroatoms. The number of aromatic nitrogens is 5. The van der Waals surface area contributed by atoms with Gasteiger partial charge >= 0.3 is 5.69 Å². The fraction of sp³-hybridized carbons (Fsp3) is 0.412.